The minimum Gasteiger partial charge on any atom is -0.462 e. The van der Waals surface area contributed by atoms with Gasteiger partial charge in [-0.15, -0.1) is 0 Å². The van der Waals surface area contributed by atoms with Crippen LogP contribution in [-0.4, -0.2) is 96.7 Å². The van der Waals surface area contributed by atoms with Crippen LogP contribution in [0.2, 0.25) is 0 Å². The number of aliphatic hydroxyl groups excluding tert-OH is 1. The topological polar surface area (TPSA) is 237 Å². The third kappa shape index (κ3) is 83.8. The van der Waals surface area contributed by atoms with Crippen molar-refractivity contribution in [3.63, 3.8) is 0 Å². The number of hydrogen-bond donors (Lipinski definition) is 3. The van der Waals surface area contributed by atoms with E-state index in [2.05, 4.69) is 34.6 Å². The Labute approximate surface area is 670 Å². The highest BCUT2D eigenvalue weighted by Crippen LogP contribution is 2.45. The SMILES string of the molecule is CCCCCCCCCCCCCCCCCCCCCCC(=O)OC[C@H](COP(=O)(O)OC[C@@H](O)COP(=O)(O)OC[C@@H](COC(=O)CCCCCCCCCCCCCC)OC(=O)CCCCCCCCCCCCCCCCCC)OC(=O)CCCCCCCCCCCCCCCCCCCCC(C)C. The molecule has 0 bridgehead atoms. The van der Waals surface area contributed by atoms with Gasteiger partial charge in [-0.2, -0.15) is 0 Å². The van der Waals surface area contributed by atoms with Crippen molar-refractivity contribution in [3.8, 4) is 0 Å². The number of carbonyl (C=O) groups excluding carboxylic acids is 4. The van der Waals surface area contributed by atoms with Gasteiger partial charge in [0.1, 0.15) is 19.3 Å². The minimum atomic E-state index is -4.97. The van der Waals surface area contributed by atoms with Crippen molar-refractivity contribution in [2.24, 2.45) is 5.92 Å². The molecule has 0 saturated heterocycles. The molecule has 0 rings (SSSR count). The number of ether oxygens (including phenoxy) is 4. The molecule has 0 aromatic heterocycles. The van der Waals surface area contributed by atoms with Gasteiger partial charge in [-0.1, -0.05) is 439 Å². The number of unbranched alkanes of at least 4 members (excludes halogenated alkanes) is 62. The van der Waals surface area contributed by atoms with E-state index in [1.54, 1.807) is 0 Å². The average molecular weight is 1590 g/mol. The van der Waals surface area contributed by atoms with Gasteiger partial charge in [-0.3, -0.25) is 37.3 Å². The quantitative estimate of drug-likeness (QED) is 0.0222. The molecule has 17 nitrogen and oxygen atoms in total. The lowest BCUT2D eigenvalue weighted by molar-refractivity contribution is -0.161. The predicted molar refractivity (Wildman–Crippen MR) is 451 cm³/mol. The van der Waals surface area contributed by atoms with Crippen molar-refractivity contribution in [3.05, 3.63) is 0 Å². The van der Waals surface area contributed by atoms with Crippen LogP contribution < -0.4 is 0 Å². The van der Waals surface area contributed by atoms with E-state index in [9.17, 15) is 43.2 Å². The summed E-state index contributed by atoms with van der Waals surface area (Å²) < 4.78 is 69.0. The summed E-state index contributed by atoms with van der Waals surface area (Å²) in [7, 11) is -9.93. The van der Waals surface area contributed by atoms with Crippen LogP contribution in [0, 0.1) is 5.92 Å². The fraction of sp³-hybridized carbons (Fsp3) is 0.956. The summed E-state index contributed by atoms with van der Waals surface area (Å²) in [6.07, 6.45) is 77.8. The highest BCUT2D eigenvalue weighted by atomic mass is 31.2. The van der Waals surface area contributed by atoms with Gasteiger partial charge in [0.25, 0.3) is 0 Å². The van der Waals surface area contributed by atoms with Crippen LogP contribution in [0.1, 0.15) is 490 Å². The highest BCUT2D eigenvalue weighted by Gasteiger charge is 2.31. The molecule has 0 aromatic rings. The van der Waals surface area contributed by atoms with Gasteiger partial charge in [0, 0.05) is 25.7 Å². The van der Waals surface area contributed by atoms with Gasteiger partial charge in [0.2, 0.25) is 0 Å². The van der Waals surface area contributed by atoms with Gasteiger partial charge in [0.05, 0.1) is 26.4 Å². The monoisotopic (exact) mass is 1590 g/mol. The van der Waals surface area contributed by atoms with Crippen LogP contribution in [0.4, 0.5) is 0 Å². The standard InChI is InChI=1S/C90H176O17P2/c1-6-9-12-15-18-21-24-27-29-31-32-33-37-41-44-49-54-59-64-69-74-88(93)101-80-86(107-90(95)76-71-66-61-56-51-46-42-38-35-34-36-39-43-47-52-57-62-67-72-83(4)5)82-105-109(98,99)103-78-84(91)77-102-108(96,97)104-81-85(79-100-87(92)73-68-63-58-53-48-26-23-20-17-14-11-8-3)106-89(94)75-70-65-60-55-50-45-40-30-28-25-22-19-16-13-10-7-2/h83-86,91H,6-82H2,1-5H3,(H,96,97)(H,98,99)/t84-,85+,86+/m0/s1. The molecule has 0 aliphatic rings. The molecule has 3 N–H and O–H groups in total. The summed E-state index contributed by atoms with van der Waals surface area (Å²) in [5.74, 6) is -1.27. The molecule has 19 heteroatoms. The molecule has 0 aliphatic heterocycles. The third-order valence-corrected chi connectivity index (χ3v) is 23.2. The van der Waals surface area contributed by atoms with E-state index in [0.717, 1.165) is 95.8 Å². The van der Waals surface area contributed by atoms with E-state index >= 15 is 0 Å². The first kappa shape index (κ1) is 107. The number of aliphatic hydroxyl groups is 1. The molecule has 5 atom stereocenters. The summed E-state index contributed by atoms with van der Waals surface area (Å²) in [5.41, 5.74) is 0. The number of phosphoric acid groups is 2. The van der Waals surface area contributed by atoms with Crippen LogP contribution in [0.5, 0.6) is 0 Å². The Hall–Kier alpha value is -1.94. The zero-order chi connectivity index (χ0) is 79.7. The number of rotatable bonds is 90. The maximum absolute atomic E-state index is 13.2. The van der Waals surface area contributed by atoms with Crippen LogP contribution in [0.25, 0.3) is 0 Å². The summed E-state index contributed by atoms with van der Waals surface area (Å²) in [4.78, 5) is 73.4. The first-order chi connectivity index (χ1) is 53.0. The molecule has 0 saturated carbocycles. The Morgan fingerprint density at radius 2 is 0.422 bits per heavy atom. The van der Waals surface area contributed by atoms with Crippen LogP contribution in [0.3, 0.4) is 0 Å². The number of hydrogen-bond acceptors (Lipinski definition) is 15. The molecular formula is C90H176O17P2. The molecule has 0 amide bonds. The molecular weight excluding hydrogens is 1410 g/mol. The third-order valence-electron chi connectivity index (χ3n) is 21.3. The smallest absolute Gasteiger partial charge is 0.462 e. The van der Waals surface area contributed by atoms with E-state index in [-0.39, 0.29) is 25.7 Å². The fourth-order valence-electron chi connectivity index (χ4n) is 14.2. The fourth-order valence-corrected chi connectivity index (χ4v) is 15.8. The largest absolute Gasteiger partial charge is 0.472 e. The lowest BCUT2D eigenvalue weighted by atomic mass is 10.0. The highest BCUT2D eigenvalue weighted by molar-refractivity contribution is 7.47. The summed E-state index contributed by atoms with van der Waals surface area (Å²) in [6, 6.07) is 0. The summed E-state index contributed by atoms with van der Waals surface area (Å²) >= 11 is 0. The molecule has 0 radical (unpaired) electrons. The van der Waals surface area contributed by atoms with Crippen molar-refractivity contribution in [1.82, 2.24) is 0 Å². The molecule has 2 unspecified atom stereocenters. The van der Waals surface area contributed by atoms with Gasteiger partial charge < -0.3 is 33.8 Å². The molecule has 648 valence electrons. The van der Waals surface area contributed by atoms with Crippen molar-refractivity contribution in [2.45, 2.75) is 509 Å². The molecule has 0 aliphatic carbocycles. The van der Waals surface area contributed by atoms with Crippen LogP contribution >= 0.6 is 15.6 Å². The Morgan fingerprint density at radius 3 is 0.624 bits per heavy atom. The lowest BCUT2D eigenvalue weighted by Crippen LogP contribution is -2.30. The van der Waals surface area contributed by atoms with Gasteiger partial charge >= 0.3 is 39.5 Å². The maximum atomic E-state index is 13.2. The average Bonchev–Trinajstić information content (AvgIpc) is 0.917. The van der Waals surface area contributed by atoms with Crippen LogP contribution in [-0.2, 0) is 65.4 Å². The first-order valence-corrected chi connectivity index (χ1v) is 49.6. The van der Waals surface area contributed by atoms with Crippen molar-refractivity contribution in [2.75, 3.05) is 39.6 Å². The Balaban J connectivity index is 5.24. The van der Waals surface area contributed by atoms with E-state index in [4.69, 9.17) is 37.0 Å². The molecule has 0 aromatic carbocycles. The normalized spacial score (nSPS) is 13.7. The zero-order valence-electron chi connectivity index (χ0n) is 71.7. The van der Waals surface area contributed by atoms with Gasteiger partial charge in [-0.05, 0) is 31.6 Å². The molecule has 0 spiro atoms. The van der Waals surface area contributed by atoms with Crippen molar-refractivity contribution >= 4 is 39.5 Å². The first-order valence-electron chi connectivity index (χ1n) is 46.6. The minimum absolute atomic E-state index is 0.109. The van der Waals surface area contributed by atoms with Gasteiger partial charge in [0.15, 0.2) is 12.2 Å². The number of phosphoric ester groups is 2. The second-order valence-corrected chi connectivity index (χ2v) is 35.7. The molecule has 109 heavy (non-hydrogen) atoms. The molecule has 0 fully saturated rings. The Morgan fingerprint density at radius 1 is 0.248 bits per heavy atom. The van der Waals surface area contributed by atoms with E-state index in [0.29, 0.717) is 25.7 Å². The zero-order valence-corrected chi connectivity index (χ0v) is 73.5. The van der Waals surface area contributed by atoms with Crippen molar-refractivity contribution in [1.29, 1.82) is 0 Å². The van der Waals surface area contributed by atoms with E-state index in [1.165, 1.54) is 315 Å². The van der Waals surface area contributed by atoms with E-state index in [1.807, 2.05) is 0 Å². The summed E-state index contributed by atoms with van der Waals surface area (Å²) in [6.45, 7) is 7.43. The lowest BCUT2D eigenvalue weighted by Gasteiger charge is -2.21. The van der Waals surface area contributed by atoms with Gasteiger partial charge in [-0.25, -0.2) is 9.13 Å². The Bertz CT molecular complexity index is 2070. The Kier molecular flexibility index (Phi) is 81.1. The molecule has 0 heterocycles. The maximum Gasteiger partial charge on any atom is 0.472 e. The predicted octanol–water partition coefficient (Wildman–Crippen LogP) is 27.9. The number of esters is 4. The van der Waals surface area contributed by atoms with Crippen molar-refractivity contribution < 1.29 is 80.2 Å². The number of carbonyl (C=O) groups is 4. The second kappa shape index (κ2) is 82.6. The second-order valence-electron chi connectivity index (χ2n) is 32.8. The van der Waals surface area contributed by atoms with E-state index < -0.39 is 97.5 Å². The van der Waals surface area contributed by atoms with Crippen LogP contribution in [0.15, 0.2) is 0 Å². The summed E-state index contributed by atoms with van der Waals surface area (Å²) in [5, 5.41) is 10.7.